The Morgan fingerprint density at radius 2 is 2.05 bits per heavy atom. The lowest BCUT2D eigenvalue weighted by atomic mass is 10.1. The largest absolute Gasteiger partial charge is 0.352 e. The van der Waals surface area contributed by atoms with E-state index in [1.165, 1.54) is 12.1 Å². The third kappa shape index (κ3) is 5.91. The van der Waals surface area contributed by atoms with E-state index < -0.39 is 4.92 Å². The first-order valence-corrected chi connectivity index (χ1v) is 7.08. The molecule has 0 unspecified atom stereocenters. The van der Waals surface area contributed by atoms with Gasteiger partial charge < -0.3 is 10.6 Å². The molecule has 6 nitrogen and oxygen atoms in total. The number of quaternary nitrogens is 1. The molecule has 0 saturated carbocycles. The molecule has 0 aromatic heterocycles. The van der Waals surface area contributed by atoms with Gasteiger partial charge in [0.2, 0.25) is 0 Å². The number of nitrogens with one attached hydrogen (secondary N) is 1. The highest BCUT2D eigenvalue weighted by Gasteiger charge is 2.14. The van der Waals surface area contributed by atoms with Crippen molar-refractivity contribution in [2.45, 2.75) is 39.7 Å². The summed E-state index contributed by atoms with van der Waals surface area (Å²) in [5.74, 6) is -0.191. The number of nitro benzene ring substituents is 1. The van der Waals surface area contributed by atoms with Gasteiger partial charge in [-0.15, -0.1) is 0 Å². The highest BCUT2D eigenvalue weighted by atomic mass is 16.6. The Bertz CT molecular complexity index is 521. The second kappa shape index (κ2) is 7.17. The maximum atomic E-state index is 11.9. The van der Waals surface area contributed by atoms with Crippen LogP contribution in [0, 0.1) is 17.0 Å². The highest BCUT2D eigenvalue weighted by Crippen LogP contribution is 2.18. The van der Waals surface area contributed by atoms with E-state index in [-0.39, 0.29) is 17.1 Å². The number of carbonyl (C=O) groups is 1. The first-order chi connectivity index (χ1) is 9.70. The van der Waals surface area contributed by atoms with Crippen molar-refractivity contribution in [3.63, 3.8) is 0 Å². The zero-order valence-electron chi connectivity index (χ0n) is 13.1. The number of nitrogens with zero attached hydrogens (tertiary/aromatic N) is 1. The molecule has 1 rings (SSSR count). The van der Waals surface area contributed by atoms with E-state index in [0.717, 1.165) is 13.0 Å². The van der Waals surface area contributed by atoms with Gasteiger partial charge in [-0.1, -0.05) is 0 Å². The van der Waals surface area contributed by atoms with Crippen molar-refractivity contribution in [3.05, 3.63) is 39.4 Å². The van der Waals surface area contributed by atoms with Gasteiger partial charge in [-0.3, -0.25) is 14.9 Å². The molecule has 0 fully saturated rings. The van der Waals surface area contributed by atoms with Crippen LogP contribution in [0.4, 0.5) is 5.69 Å². The van der Waals surface area contributed by atoms with Crippen molar-refractivity contribution in [1.82, 2.24) is 5.32 Å². The molecule has 0 saturated heterocycles. The van der Waals surface area contributed by atoms with E-state index in [0.29, 0.717) is 17.7 Å². The zero-order chi connectivity index (χ0) is 16.0. The van der Waals surface area contributed by atoms with Gasteiger partial charge in [0.1, 0.15) is 0 Å². The van der Waals surface area contributed by atoms with Crippen LogP contribution in [0.25, 0.3) is 0 Å². The van der Waals surface area contributed by atoms with E-state index in [1.54, 1.807) is 13.0 Å². The van der Waals surface area contributed by atoms with Crippen LogP contribution in [-0.4, -0.2) is 29.5 Å². The van der Waals surface area contributed by atoms with Crippen molar-refractivity contribution in [2.75, 3.05) is 13.1 Å². The standard InChI is InChI=1S/C15H23N3O3/c1-11-10-12(6-7-13(11)18(20)21)14(19)16-8-5-9-17-15(2,3)4/h6-7,10,17H,5,8-9H2,1-4H3,(H,16,19)/p+1. The van der Waals surface area contributed by atoms with Gasteiger partial charge in [-0.05, 0) is 39.8 Å². The minimum Gasteiger partial charge on any atom is -0.352 e. The maximum absolute atomic E-state index is 11.9. The number of hydrogen-bond donors (Lipinski definition) is 2. The molecule has 0 radical (unpaired) electrons. The summed E-state index contributed by atoms with van der Waals surface area (Å²) in [6.45, 7) is 9.61. The summed E-state index contributed by atoms with van der Waals surface area (Å²) >= 11 is 0. The van der Waals surface area contributed by atoms with Crippen LogP contribution >= 0.6 is 0 Å². The SMILES string of the molecule is Cc1cc(C(=O)NCCC[NH2+]C(C)(C)C)ccc1[N+](=O)[O-]. The predicted octanol–water partition coefficient (Wildman–Crippen LogP) is 1.39. The molecular weight excluding hydrogens is 270 g/mol. The fraction of sp³-hybridized carbons (Fsp3) is 0.533. The Balaban J connectivity index is 2.46. The van der Waals surface area contributed by atoms with E-state index in [9.17, 15) is 14.9 Å². The van der Waals surface area contributed by atoms with Gasteiger partial charge in [0.05, 0.1) is 17.0 Å². The molecule has 0 atom stereocenters. The molecule has 1 aromatic carbocycles. The lowest BCUT2D eigenvalue weighted by molar-refractivity contribution is -0.717. The van der Waals surface area contributed by atoms with Crippen LogP contribution in [-0.2, 0) is 0 Å². The molecule has 0 spiro atoms. The van der Waals surface area contributed by atoms with Gasteiger partial charge >= 0.3 is 0 Å². The number of carbonyl (C=O) groups excluding carboxylic acids is 1. The summed E-state index contributed by atoms with van der Waals surface area (Å²) in [5, 5.41) is 15.8. The number of hydrogen-bond acceptors (Lipinski definition) is 3. The second-order valence-electron chi connectivity index (χ2n) is 6.23. The van der Waals surface area contributed by atoms with Gasteiger partial charge in [-0.2, -0.15) is 0 Å². The summed E-state index contributed by atoms with van der Waals surface area (Å²) in [4.78, 5) is 22.2. The van der Waals surface area contributed by atoms with Crippen LogP contribution in [0.15, 0.2) is 18.2 Å². The minimum absolute atomic E-state index is 0.0336. The summed E-state index contributed by atoms with van der Waals surface area (Å²) in [6, 6.07) is 4.41. The molecule has 6 heteroatoms. The molecular formula is C15H24N3O3+. The van der Waals surface area contributed by atoms with Crippen molar-refractivity contribution < 1.29 is 15.0 Å². The molecule has 0 bridgehead atoms. The number of nitro groups is 1. The minimum atomic E-state index is -0.445. The van der Waals surface area contributed by atoms with Crippen LogP contribution < -0.4 is 10.6 Å². The molecule has 116 valence electrons. The van der Waals surface area contributed by atoms with E-state index in [1.807, 2.05) is 0 Å². The Kier molecular flexibility index (Phi) is 5.84. The normalized spacial score (nSPS) is 11.2. The van der Waals surface area contributed by atoms with Crippen molar-refractivity contribution in [3.8, 4) is 0 Å². The average molecular weight is 294 g/mol. The van der Waals surface area contributed by atoms with Crippen LogP contribution in [0.5, 0.6) is 0 Å². The van der Waals surface area contributed by atoms with Gasteiger partial charge in [0, 0.05) is 30.2 Å². The van der Waals surface area contributed by atoms with Crippen LogP contribution in [0.2, 0.25) is 0 Å². The summed E-state index contributed by atoms with van der Waals surface area (Å²) in [6.07, 6.45) is 0.884. The molecule has 0 aliphatic heterocycles. The van der Waals surface area contributed by atoms with E-state index >= 15 is 0 Å². The van der Waals surface area contributed by atoms with Crippen molar-refractivity contribution in [1.29, 1.82) is 0 Å². The number of rotatable bonds is 6. The van der Waals surface area contributed by atoms with Crippen LogP contribution in [0.3, 0.4) is 0 Å². The fourth-order valence-corrected chi connectivity index (χ4v) is 1.94. The topological polar surface area (TPSA) is 88.8 Å². The molecule has 1 aromatic rings. The third-order valence-electron chi connectivity index (χ3n) is 3.08. The Morgan fingerprint density at radius 1 is 1.38 bits per heavy atom. The fourth-order valence-electron chi connectivity index (χ4n) is 1.94. The highest BCUT2D eigenvalue weighted by molar-refractivity contribution is 5.94. The third-order valence-corrected chi connectivity index (χ3v) is 3.08. The predicted molar refractivity (Wildman–Crippen MR) is 81.3 cm³/mol. The quantitative estimate of drug-likeness (QED) is 0.472. The average Bonchev–Trinajstić information content (AvgIpc) is 2.36. The second-order valence-corrected chi connectivity index (χ2v) is 6.23. The zero-order valence-corrected chi connectivity index (χ0v) is 13.1. The number of benzene rings is 1. The maximum Gasteiger partial charge on any atom is 0.272 e. The van der Waals surface area contributed by atoms with Gasteiger partial charge in [0.15, 0.2) is 0 Å². The van der Waals surface area contributed by atoms with Crippen molar-refractivity contribution in [2.24, 2.45) is 0 Å². The molecule has 1 amide bonds. The smallest absolute Gasteiger partial charge is 0.272 e. The molecule has 21 heavy (non-hydrogen) atoms. The number of aryl methyl sites for hydroxylation is 1. The lowest BCUT2D eigenvalue weighted by Gasteiger charge is -2.16. The summed E-state index contributed by atoms with van der Waals surface area (Å²) < 4.78 is 0. The molecule has 0 aliphatic rings. The van der Waals surface area contributed by atoms with Gasteiger partial charge in [-0.25, -0.2) is 0 Å². The van der Waals surface area contributed by atoms with Crippen molar-refractivity contribution >= 4 is 11.6 Å². The van der Waals surface area contributed by atoms with E-state index in [4.69, 9.17) is 0 Å². The molecule has 3 N–H and O–H groups in total. The Hall–Kier alpha value is -1.95. The van der Waals surface area contributed by atoms with Gasteiger partial charge in [0.25, 0.3) is 11.6 Å². The number of nitrogens with two attached hydrogens (primary N) is 1. The number of amides is 1. The molecule has 0 heterocycles. The monoisotopic (exact) mass is 294 g/mol. The van der Waals surface area contributed by atoms with E-state index in [2.05, 4.69) is 31.4 Å². The first kappa shape index (κ1) is 17.1. The van der Waals surface area contributed by atoms with Crippen LogP contribution in [0.1, 0.15) is 43.1 Å². The Morgan fingerprint density at radius 3 is 2.57 bits per heavy atom. The molecule has 0 aliphatic carbocycles. The first-order valence-electron chi connectivity index (χ1n) is 7.08. The Labute approximate surface area is 125 Å². The lowest BCUT2D eigenvalue weighted by Crippen LogP contribution is -2.94. The summed E-state index contributed by atoms with van der Waals surface area (Å²) in [7, 11) is 0. The summed E-state index contributed by atoms with van der Waals surface area (Å²) in [5.41, 5.74) is 1.18.